The van der Waals surface area contributed by atoms with E-state index in [0.717, 1.165) is 18.6 Å². The highest BCUT2D eigenvalue weighted by atomic mass is 35.5. The maximum atomic E-state index is 12.3. The van der Waals surface area contributed by atoms with Gasteiger partial charge in [0, 0.05) is 41.6 Å². The molecule has 15 heteroatoms. The van der Waals surface area contributed by atoms with Crippen LogP contribution in [-0.2, 0) is 20.8 Å². The Bertz CT molecular complexity index is 1360. The number of azide groups is 1. The lowest BCUT2D eigenvalue weighted by molar-refractivity contribution is -0.134. The molecule has 2 fully saturated rings. The Labute approximate surface area is 221 Å². The number of aliphatic hydroxyl groups is 1. The van der Waals surface area contributed by atoms with Gasteiger partial charge in [-0.2, -0.15) is 0 Å². The van der Waals surface area contributed by atoms with Crippen molar-refractivity contribution < 1.29 is 24.1 Å². The monoisotopic (exact) mass is 543 g/mol. The molecule has 0 bridgehead atoms. The number of benzene rings is 1. The van der Waals surface area contributed by atoms with Crippen LogP contribution in [0.5, 0.6) is 5.75 Å². The van der Waals surface area contributed by atoms with E-state index in [0.29, 0.717) is 53.4 Å². The third-order valence-electron chi connectivity index (χ3n) is 6.53. The second-order valence-corrected chi connectivity index (χ2v) is 9.38. The minimum absolute atomic E-state index is 0.344. The number of carbonyl (C=O) groups is 1. The lowest BCUT2D eigenvalue weighted by Crippen LogP contribution is -2.40. The summed E-state index contributed by atoms with van der Waals surface area (Å²) in [6.45, 7) is 2.33. The molecule has 4 heterocycles. The van der Waals surface area contributed by atoms with E-state index in [2.05, 4.69) is 35.6 Å². The molecule has 38 heavy (non-hydrogen) atoms. The molecule has 0 radical (unpaired) electrons. The predicted octanol–water partition coefficient (Wildman–Crippen LogP) is 2.19. The van der Waals surface area contributed by atoms with Crippen molar-refractivity contribution in [2.24, 2.45) is 11.0 Å². The number of likely N-dealkylation sites (N-methyl/N-ethyl adjacent to an activating group) is 1. The number of amides is 1. The van der Waals surface area contributed by atoms with Crippen LogP contribution in [0.3, 0.4) is 0 Å². The van der Waals surface area contributed by atoms with Crippen LogP contribution >= 0.6 is 11.6 Å². The molecule has 3 N–H and O–H groups in total. The molecule has 200 valence electrons. The summed E-state index contributed by atoms with van der Waals surface area (Å²) in [5, 5.41) is 20.7. The Morgan fingerprint density at radius 3 is 3.03 bits per heavy atom. The maximum Gasteiger partial charge on any atom is 0.249 e. The van der Waals surface area contributed by atoms with Gasteiger partial charge in [0.15, 0.2) is 23.2 Å². The van der Waals surface area contributed by atoms with E-state index < -0.39 is 30.4 Å². The number of fused-ring (bicyclic) bond motifs is 1. The number of aliphatic hydroxyl groups excluding tert-OH is 1. The zero-order valence-electron chi connectivity index (χ0n) is 20.4. The fourth-order valence-electron chi connectivity index (χ4n) is 4.53. The van der Waals surface area contributed by atoms with Crippen LogP contribution in [0.25, 0.3) is 21.6 Å². The molecule has 0 spiro atoms. The van der Waals surface area contributed by atoms with Gasteiger partial charge in [0.25, 0.3) is 0 Å². The quantitative estimate of drug-likeness (QED) is 0.207. The lowest BCUT2D eigenvalue weighted by atomic mass is 10.1. The molecule has 1 unspecified atom stereocenters. The molecule has 5 rings (SSSR count). The summed E-state index contributed by atoms with van der Waals surface area (Å²) in [6, 6.07) is 4.31. The number of imidazole rings is 1. The fraction of sp³-hybridized carbons (Fsp3) is 0.478. The first-order valence-electron chi connectivity index (χ1n) is 12.0. The number of anilines is 1. The van der Waals surface area contributed by atoms with Crippen molar-refractivity contribution >= 4 is 34.5 Å². The lowest BCUT2D eigenvalue weighted by Gasteiger charge is -2.17. The average molecular weight is 544 g/mol. The van der Waals surface area contributed by atoms with Crippen molar-refractivity contribution in [2.45, 2.75) is 37.4 Å². The van der Waals surface area contributed by atoms with E-state index in [-0.39, 0.29) is 0 Å². The van der Waals surface area contributed by atoms with E-state index in [1.54, 1.807) is 6.07 Å². The van der Waals surface area contributed by atoms with Crippen LogP contribution in [0.2, 0.25) is 5.02 Å². The summed E-state index contributed by atoms with van der Waals surface area (Å²) in [5.74, 6) is 0.971. The number of ether oxygens (including phenoxy) is 3. The molecule has 0 saturated carbocycles. The standard InChI is InChI=1S/C23H26ClN9O5/c1-26-22(35)19-16(31-32-25)18(34)23(38-19)33-11-30-17-20(28-10-29-21(17)33)27-7-13-6-14(24)2-3-15(13)37-9-12-4-5-36-8-12/h2-3,6,10-12,16,18-19,23,34H,4-5,7-9H2,1H3,(H,26,35)(H,27,28,29)/t12?,16-,18+,19-,23+/m0/s1. The van der Waals surface area contributed by atoms with Crippen LogP contribution in [0.4, 0.5) is 5.82 Å². The van der Waals surface area contributed by atoms with Crippen molar-refractivity contribution in [2.75, 3.05) is 32.2 Å². The number of halogens is 1. The highest BCUT2D eigenvalue weighted by Crippen LogP contribution is 2.34. The summed E-state index contributed by atoms with van der Waals surface area (Å²) in [5.41, 5.74) is 10.5. The summed E-state index contributed by atoms with van der Waals surface area (Å²) < 4.78 is 18.8. The van der Waals surface area contributed by atoms with Gasteiger partial charge >= 0.3 is 0 Å². The molecule has 1 aromatic carbocycles. The zero-order chi connectivity index (χ0) is 26.6. The number of nitrogens with one attached hydrogen (secondary N) is 2. The largest absolute Gasteiger partial charge is 0.493 e. The molecule has 2 aromatic heterocycles. The van der Waals surface area contributed by atoms with Gasteiger partial charge in [-0.3, -0.25) is 9.36 Å². The number of aromatic nitrogens is 4. The number of hydrogen-bond donors (Lipinski definition) is 3. The van der Waals surface area contributed by atoms with Gasteiger partial charge in [0.05, 0.1) is 19.5 Å². The van der Waals surface area contributed by atoms with E-state index in [9.17, 15) is 9.90 Å². The van der Waals surface area contributed by atoms with E-state index in [1.807, 2.05) is 12.1 Å². The van der Waals surface area contributed by atoms with Crippen LogP contribution in [0.15, 0.2) is 36.0 Å². The number of carbonyl (C=O) groups excluding carboxylic acids is 1. The molecular weight excluding hydrogens is 518 g/mol. The van der Waals surface area contributed by atoms with Crippen molar-refractivity contribution in [1.29, 1.82) is 0 Å². The zero-order valence-corrected chi connectivity index (χ0v) is 21.2. The van der Waals surface area contributed by atoms with Crippen molar-refractivity contribution in [1.82, 2.24) is 24.8 Å². The number of hydrogen-bond acceptors (Lipinski definition) is 10. The summed E-state index contributed by atoms with van der Waals surface area (Å²) in [6.07, 6.45) is 0.192. The Kier molecular flexibility index (Phi) is 7.77. The van der Waals surface area contributed by atoms with Gasteiger partial charge < -0.3 is 30.0 Å². The second kappa shape index (κ2) is 11.4. The summed E-state index contributed by atoms with van der Waals surface area (Å²) in [7, 11) is 1.43. The topological polar surface area (TPSA) is 181 Å². The molecule has 14 nitrogen and oxygen atoms in total. The van der Waals surface area contributed by atoms with E-state index >= 15 is 0 Å². The second-order valence-electron chi connectivity index (χ2n) is 8.94. The number of rotatable bonds is 9. The molecule has 5 atom stereocenters. The van der Waals surface area contributed by atoms with Gasteiger partial charge in [-0.15, -0.1) is 0 Å². The molecular formula is C23H26ClN9O5. The Hall–Kier alpha value is -3.68. The molecule has 2 saturated heterocycles. The SMILES string of the molecule is CNC(=O)[C@H]1O[C@@H](n2cnc3c(NCc4cc(Cl)ccc4OCC4CCOC4)ncnc32)[C@H](O)[C@@H]1N=[N+]=[N-]. The van der Waals surface area contributed by atoms with Crippen LogP contribution in [0, 0.1) is 5.92 Å². The Morgan fingerprint density at radius 1 is 1.39 bits per heavy atom. The summed E-state index contributed by atoms with van der Waals surface area (Å²) in [4.78, 5) is 28.0. The van der Waals surface area contributed by atoms with Crippen molar-refractivity contribution in [3.05, 3.63) is 51.9 Å². The van der Waals surface area contributed by atoms with Gasteiger partial charge in [0.1, 0.15) is 30.3 Å². The highest BCUT2D eigenvalue weighted by molar-refractivity contribution is 6.30. The molecule has 3 aromatic rings. The van der Waals surface area contributed by atoms with Crippen molar-refractivity contribution in [3.63, 3.8) is 0 Å². The van der Waals surface area contributed by atoms with Gasteiger partial charge in [-0.25, -0.2) is 15.0 Å². The molecule has 1 amide bonds. The third-order valence-corrected chi connectivity index (χ3v) is 6.76. The van der Waals surface area contributed by atoms with Crippen LogP contribution in [-0.4, -0.2) is 75.7 Å². The van der Waals surface area contributed by atoms with E-state index in [4.69, 9.17) is 31.3 Å². The fourth-order valence-corrected chi connectivity index (χ4v) is 4.73. The predicted molar refractivity (Wildman–Crippen MR) is 135 cm³/mol. The van der Waals surface area contributed by atoms with Gasteiger partial charge in [-0.1, -0.05) is 16.7 Å². The van der Waals surface area contributed by atoms with Crippen LogP contribution in [0.1, 0.15) is 18.2 Å². The average Bonchev–Trinajstić information content (AvgIpc) is 3.67. The molecule has 2 aliphatic rings. The smallest absolute Gasteiger partial charge is 0.249 e. The Morgan fingerprint density at radius 2 is 2.26 bits per heavy atom. The third kappa shape index (κ3) is 5.17. The van der Waals surface area contributed by atoms with Gasteiger partial charge in [0.2, 0.25) is 5.91 Å². The normalized spacial score (nSPS) is 24.8. The van der Waals surface area contributed by atoms with Crippen molar-refractivity contribution in [3.8, 4) is 5.75 Å². The molecule has 0 aliphatic carbocycles. The minimum Gasteiger partial charge on any atom is -0.493 e. The Balaban J connectivity index is 1.36. The van der Waals surface area contributed by atoms with E-state index in [1.165, 1.54) is 24.3 Å². The van der Waals surface area contributed by atoms with Gasteiger partial charge in [-0.05, 0) is 30.2 Å². The maximum absolute atomic E-state index is 12.3. The summed E-state index contributed by atoms with van der Waals surface area (Å²) >= 11 is 6.25. The first-order chi connectivity index (χ1) is 18.5. The highest BCUT2D eigenvalue weighted by Gasteiger charge is 2.48. The first kappa shape index (κ1) is 25.9. The number of nitrogens with zero attached hydrogens (tertiary/aromatic N) is 7. The molecule has 2 aliphatic heterocycles. The van der Waals surface area contributed by atoms with Crippen LogP contribution < -0.4 is 15.4 Å². The minimum atomic E-state index is -1.31. The first-order valence-corrected chi connectivity index (χ1v) is 12.4.